The second kappa shape index (κ2) is 12.4. The molecule has 0 aliphatic carbocycles. The van der Waals surface area contributed by atoms with E-state index < -0.39 is 5.54 Å². The first-order valence-electron chi connectivity index (χ1n) is 13.0. The summed E-state index contributed by atoms with van der Waals surface area (Å²) < 4.78 is 11.3. The monoisotopic (exact) mass is 491 g/mol. The maximum atomic E-state index is 12.9. The molecule has 6 heteroatoms. The summed E-state index contributed by atoms with van der Waals surface area (Å²) in [7, 11) is 1.67. The van der Waals surface area contributed by atoms with Gasteiger partial charge in [-0.25, -0.2) is 0 Å². The zero-order chi connectivity index (χ0) is 26.2. The van der Waals surface area contributed by atoms with E-state index in [2.05, 4.69) is 47.5 Å². The lowest BCUT2D eigenvalue weighted by molar-refractivity contribution is -0.119. The average molecular weight is 492 g/mol. The fourth-order valence-corrected chi connectivity index (χ4v) is 4.55. The van der Waals surface area contributed by atoms with Crippen LogP contribution in [0.15, 0.2) is 42.0 Å². The van der Waals surface area contributed by atoms with Crippen LogP contribution in [-0.4, -0.2) is 50.5 Å². The Kier molecular flexibility index (Phi) is 9.53. The van der Waals surface area contributed by atoms with Gasteiger partial charge in [-0.15, -0.1) is 0 Å². The van der Waals surface area contributed by atoms with Gasteiger partial charge in [0.25, 0.3) is 5.91 Å². The van der Waals surface area contributed by atoms with Crippen molar-refractivity contribution in [3.8, 4) is 6.07 Å². The van der Waals surface area contributed by atoms with Crippen LogP contribution in [0.5, 0.6) is 0 Å². The number of piperidine rings is 1. The van der Waals surface area contributed by atoms with Crippen molar-refractivity contribution in [1.29, 1.82) is 5.26 Å². The molecule has 1 fully saturated rings. The van der Waals surface area contributed by atoms with Crippen LogP contribution in [0.4, 0.5) is 5.69 Å². The van der Waals surface area contributed by atoms with E-state index in [1.165, 1.54) is 24.9 Å². The number of ether oxygens (including phenoxy) is 2. The van der Waals surface area contributed by atoms with Crippen LogP contribution in [0.2, 0.25) is 0 Å². The minimum absolute atomic E-state index is 0.0889. The van der Waals surface area contributed by atoms with Crippen LogP contribution in [0.3, 0.4) is 0 Å². The van der Waals surface area contributed by atoms with Gasteiger partial charge in [0.15, 0.2) is 0 Å². The number of carbonyl (C=O) groups is 1. The summed E-state index contributed by atoms with van der Waals surface area (Å²) in [6, 6.07) is 14.7. The zero-order valence-electron chi connectivity index (χ0n) is 22.5. The third-order valence-corrected chi connectivity index (χ3v) is 7.07. The molecule has 2 aromatic rings. The Morgan fingerprint density at radius 3 is 2.47 bits per heavy atom. The maximum absolute atomic E-state index is 12.9. The van der Waals surface area contributed by atoms with Crippen LogP contribution in [0.1, 0.15) is 65.4 Å². The SMILES string of the molecule is CCC(C)(COC)OCCC(C)(C)NC(=O)/C(C#N)=C/c1ccc2cc(N3CCCCC3)ccc2c1. The van der Waals surface area contributed by atoms with Crippen LogP contribution < -0.4 is 10.2 Å². The van der Waals surface area contributed by atoms with Gasteiger partial charge >= 0.3 is 0 Å². The first-order valence-corrected chi connectivity index (χ1v) is 13.0. The normalized spacial score (nSPS) is 16.4. The molecule has 1 amide bonds. The van der Waals surface area contributed by atoms with E-state index in [0.29, 0.717) is 19.6 Å². The van der Waals surface area contributed by atoms with Crippen molar-refractivity contribution in [1.82, 2.24) is 5.32 Å². The fraction of sp³-hybridized carbons (Fsp3) is 0.533. The van der Waals surface area contributed by atoms with Crippen molar-refractivity contribution in [2.75, 3.05) is 38.3 Å². The predicted molar refractivity (Wildman–Crippen MR) is 147 cm³/mol. The molecule has 1 heterocycles. The van der Waals surface area contributed by atoms with Gasteiger partial charge in [0.2, 0.25) is 0 Å². The number of anilines is 1. The third-order valence-electron chi connectivity index (χ3n) is 7.07. The number of nitrogens with one attached hydrogen (secondary N) is 1. The molecule has 1 saturated heterocycles. The van der Waals surface area contributed by atoms with Crippen LogP contribution >= 0.6 is 0 Å². The van der Waals surface area contributed by atoms with E-state index in [1.807, 2.05) is 32.9 Å². The number of hydrogen-bond acceptors (Lipinski definition) is 5. The molecule has 1 N–H and O–H groups in total. The second-order valence-electron chi connectivity index (χ2n) is 10.7. The van der Waals surface area contributed by atoms with Gasteiger partial charge in [-0.1, -0.05) is 25.1 Å². The van der Waals surface area contributed by atoms with E-state index in [0.717, 1.165) is 35.8 Å². The van der Waals surface area contributed by atoms with E-state index in [4.69, 9.17) is 9.47 Å². The van der Waals surface area contributed by atoms with Gasteiger partial charge in [0.1, 0.15) is 11.6 Å². The molecule has 0 aromatic heterocycles. The summed E-state index contributed by atoms with van der Waals surface area (Å²) in [4.78, 5) is 15.4. The van der Waals surface area contributed by atoms with Gasteiger partial charge in [-0.2, -0.15) is 5.26 Å². The summed E-state index contributed by atoms with van der Waals surface area (Å²) in [6.45, 7) is 11.2. The van der Waals surface area contributed by atoms with Crippen molar-refractivity contribution < 1.29 is 14.3 Å². The molecule has 36 heavy (non-hydrogen) atoms. The highest BCUT2D eigenvalue weighted by atomic mass is 16.5. The molecular formula is C30H41N3O3. The topological polar surface area (TPSA) is 74.6 Å². The van der Waals surface area contributed by atoms with Crippen LogP contribution in [0, 0.1) is 11.3 Å². The molecule has 2 aromatic carbocycles. The van der Waals surface area contributed by atoms with Gasteiger partial charge in [-0.05, 0) is 93.5 Å². The number of carbonyl (C=O) groups excluding carboxylic acids is 1. The minimum Gasteiger partial charge on any atom is -0.382 e. The van der Waals surface area contributed by atoms with Crippen molar-refractivity contribution >= 4 is 28.4 Å². The highest BCUT2D eigenvalue weighted by Gasteiger charge is 2.26. The van der Waals surface area contributed by atoms with Crippen LogP contribution in [0.25, 0.3) is 16.8 Å². The first kappa shape index (κ1) is 27.7. The number of hydrogen-bond donors (Lipinski definition) is 1. The summed E-state index contributed by atoms with van der Waals surface area (Å²) in [5.41, 5.74) is 1.31. The molecule has 1 aliphatic heterocycles. The molecule has 0 bridgehead atoms. The standard InChI is InChI=1S/C30H41N3O3/c1-6-30(4,22-35-5)36-17-14-29(2,3)32-28(34)26(21-31)19-23-10-11-25-20-27(13-12-24(25)18-23)33-15-8-7-9-16-33/h10-13,18-20H,6-9,14-17,22H2,1-5H3,(H,32,34)/b26-19+. The molecule has 6 nitrogen and oxygen atoms in total. The number of amides is 1. The lowest BCUT2D eigenvalue weighted by Gasteiger charge is -2.31. The van der Waals surface area contributed by atoms with E-state index in [9.17, 15) is 10.1 Å². The third kappa shape index (κ3) is 7.56. The van der Waals surface area contributed by atoms with Gasteiger partial charge < -0.3 is 19.7 Å². The average Bonchev–Trinajstić information content (AvgIpc) is 2.87. The number of methoxy groups -OCH3 is 1. The van der Waals surface area contributed by atoms with Gasteiger partial charge in [0, 0.05) is 38.0 Å². The second-order valence-corrected chi connectivity index (χ2v) is 10.7. The molecule has 194 valence electrons. The lowest BCUT2D eigenvalue weighted by Crippen LogP contribution is -2.45. The molecule has 1 aliphatic rings. The number of rotatable bonds is 11. The molecule has 1 unspecified atom stereocenters. The molecule has 3 rings (SSSR count). The summed E-state index contributed by atoms with van der Waals surface area (Å²) in [6.07, 6.45) is 6.91. The number of benzene rings is 2. The van der Waals surface area contributed by atoms with Crippen LogP contribution in [-0.2, 0) is 14.3 Å². The molecule has 0 radical (unpaired) electrons. The highest BCUT2D eigenvalue weighted by molar-refractivity contribution is 6.02. The van der Waals surface area contributed by atoms with Gasteiger partial charge in [0.05, 0.1) is 12.2 Å². The molecule has 0 saturated carbocycles. The Balaban J connectivity index is 1.66. The molecule has 1 atom stereocenters. The largest absolute Gasteiger partial charge is 0.382 e. The Morgan fingerprint density at radius 2 is 1.81 bits per heavy atom. The highest BCUT2D eigenvalue weighted by Crippen LogP contribution is 2.26. The minimum atomic E-state index is -0.525. The first-order chi connectivity index (χ1) is 17.2. The van der Waals surface area contributed by atoms with E-state index >= 15 is 0 Å². The predicted octanol–water partition coefficient (Wildman–Crippen LogP) is 5.85. The van der Waals surface area contributed by atoms with Crippen molar-refractivity contribution in [3.63, 3.8) is 0 Å². The quantitative estimate of drug-likeness (QED) is 0.315. The van der Waals surface area contributed by atoms with Crippen molar-refractivity contribution in [3.05, 3.63) is 47.5 Å². The number of nitrogens with zero attached hydrogens (tertiary/aromatic N) is 2. The van der Waals surface area contributed by atoms with E-state index in [-0.39, 0.29) is 17.1 Å². The fourth-order valence-electron chi connectivity index (χ4n) is 4.55. The lowest BCUT2D eigenvalue weighted by atomic mass is 9.99. The Hall–Kier alpha value is -2.88. The summed E-state index contributed by atoms with van der Waals surface area (Å²) in [5.74, 6) is -0.377. The summed E-state index contributed by atoms with van der Waals surface area (Å²) >= 11 is 0. The van der Waals surface area contributed by atoms with E-state index in [1.54, 1.807) is 13.2 Å². The maximum Gasteiger partial charge on any atom is 0.262 e. The van der Waals surface area contributed by atoms with Crippen molar-refractivity contribution in [2.24, 2.45) is 0 Å². The van der Waals surface area contributed by atoms with Crippen molar-refractivity contribution in [2.45, 2.75) is 70.9 Å². The number of fused-ring (bicyclic) bond motifs is 1. The Labute approximate surface area is 216 Å². The smallest absolute Gasteiger partial charge is 0.262 e. The van der Waals surface area contributed by atoms with Gasteiger partial charge in [-0.3, -0.25) is 4.79 Å². The zero-order valence-corrected chi connectivity index (χ0v) is 22.5. The Bertz CT molecular complexity index is 1110. The summed E-state index contributed by atoms with van der Waals surface area (Å²) in [5, 5.41) is 14.9. The number of nitriles is 1. The molecular weight excluding hydrogens is 450 g/mol. The Morgan fingerprint density at radius 1 is 1.11 bits per heavy atom. The molecule has 0 spiro atoms.